The maximum absolute atomic E-state index is 6.43. The van der Waals surface area contributed by atoms with E-state index in [1.807, 2.05) is 6.07 Å². The first-order valence-corrected chi connectivity index (χ1v) is 12.7. The summed E-state index contributed by atoms with van der Waals surface area (Å²) in [4.78, 5) is 9.67. The molecule has 3 aliphatic heterocycles. The van der Waals surface area contributed by atoms with Gasteiger partial charge >= 0.3 is 0 Å². The summed E-state index contributed by atoms with van der Waals surface area (Å²) in [5, 5.41) is 10.2. The molecule has 0 saturated carbocycles. The van der Waals surface area contributed by atoms with Crippen LogP contribution in [-0.4, -0.2) is 57.0 Å². The number of halogens is 1. The Morgan fingerprint density at radius 3 is 2.62 bits per heavy atom. The van der Waals surface area contributed by atoms with E-state index in [1.54, 1.807) is 0 Å². The summed E-state index contributed by atoms with van der Waals surface area (Å²) in [5.74, 6) is 3.55. The van der Waals surface area contributed by atoms with Gasteiger partial charge in [-0.2, -0.15) is 0 Å². The van der Waals surface area contributed by atoms with Crippen molar-refractivity contribution in [2.24, 2.45) is 0 Å². The molecule has 0 N–H and O–H groups in total. The topological polar surface area (TPSA) is 59.3 Å². The summed E-state index contributed by atoms with van der Waals surface area (Å²) in [5.41, 5.74) is 4.74. The van der Waals surface area contributed by atoms with Gasteiger partial charge < -0.3 is 9.64 Å². The standard InChI is InChI=1S/C26H31ClN6O/c1-17-11-18(2)28-24(12-17)31-8-5-19(6-9-31)26-30-29-25-15-32(22-7-10-34-16-22)14-20-13-21(27)3-4-23(20)33(25)26/h3-4,11-13,19,22H,5-10,14-16H2,1-2H3/t22-/m1/s1. The van der Waals surface area contributed by atoms with Gasteiger partial charge in [0.05, 0.1) is 18.8 Å². The molecule has 5 heterocycles. The third-order valence-electron chi connectivity index (χ3n) is 7.45. The number of aryl methyl sites for hydroxylation is 2. The smallest absolute Gasteiger partial charge is 0.151 e. The van der Waals surface area contributed by atoms with E-state index >= 15 is 0 Å². The molecule has 1 atom stereocenters. The van der Waals surface area contributed by atoms with Gasteiger partial charge in [0.1, 0.15) is 11.6 Å². The SMILES string of the molecule is Cc1cc(C)nc(N2CCC(c3nnc4n3-c3ccc(Cl)cc3CN([C@@H]3CCOC3)C4)CC2)c1. The van der Waals surface area contributed by atoms with Crippen molar-refractivity contribution in [3.05, 3.63) is 63.8 Å². The van der Waals surface area contributed by atoms with Gasteiger partial charge in [0.2, 0.25) is 0 Å². The average molecular weight is 479 g/mol. The summed E-state index contributed by atoms with van der Waals surface area (Å²) in [7, 11) is 0. The molecule has 0 spiro atoms. The molecular weight excluding hydrogens is 448 g/mol. The lowest BCUT2D eigenvalue weighted by Crippen LogP contribution is -2.34. The van der Waals surface area contributed by atoms with Gasteiger partial charge in [-0.05, 0) is 74.6 Å². The fourth-order valence-corrected chi connectivity index (χ4v) is 5.93. The maximum atomic E-state index is 6.43. The third-order valence-corrected chi connectivity index (χ3v) is 7.68. The first-order valence-electron chi connectivity index (χ1n) is 12.3. The van der Waals surface area contributed by atoms with Crippen LogP contribution < -0.4 is 4.90 Å². The highest BCUT2D eigenvalue weighted by molar-refractivity contribution is 6.30. The second kappa shape index (κ2) is 8.95. The molecule has 0 aliphatic carbocycles. The first kappa shape index (κ1) is 22.0. The van der Waals surface area contributed by atoms with Gasteiger partial charge in [-0.3, -0.25) is 9.47 Å². The summed E-state index contributed by atoms with van der Waals surface area (Å²) >= 11 is 6.43. The molecule has 2 saturated heterocycles. The molecule has 3 aromatic rings. The van der Waals surface area contributed by atoms with Crippen molar-refractivity contribution in [1.29, 1.82) is 0 Å². The number of benzene rings is 1. The van der Waals surface area contributed by atoms with Crippen LogP contribution in [0.5, 0.6) is 0 Å². The van der Waals surface area contributed by atoms with Gasteiger partial charge in [0.15, 0.2) is 5.82 Å². The van der Waals surface area contributed by atoms with Crippen LogP contribution in [-0.2, 0) is 17.8 Å². The first-order chi connectivity index (χ1) is 16.5. The molecule has 0 amide bonds. The number of nitrogens with zero attached hydrogens (tertiary/aromatic N) is 6. The number of anilines is 1. The molecular formula is C26H31ClN6O. The van der Waals surface area contributed by atoms with Crippen molar-refractivity contribution in [2.75, 3.05) is 31.2 Å². The van der Waals surface area contributed by atoms with Crippen molar-refractivity contribution < 1.29 is 4.74 Å². The zero-order valence-electron chi connectivity index (χ0n) is 19.9. The fourth-order valence-electron chi connectivity index (χ4n) is 5.73. The summed E-state index contributed by atoms with van der Waals surface area (Å²) in [6.45, 7) is 9.39. The van der Waals surface area contributed by atoms with Crippen molar-refractivity contribution in [2.45, 2.75) is 58.2 Å². The number of pyridine rings is 1. The van der Waals surface area contributed by atoms with Crippen LogP contribution in [0.2, 0.25) is 5.02 Å². The van der Waals surface area contributed by atoms with E-state index in [1.165, 1.54) is 16.8 Å². The lowest BCUT2D eigenvalue weighted by Gasteiger charge is -2.33. The number of ether oxygens (including phenoxy) is 1. The minimum Gasteiger partial charge on any atom is -0.380 e. The van der Waals surface area contributed by atoms with E-state index in [2.05, 4.69) is 52.5 Å². The van der Waals surface area contributed by atoms with E-state index in [9.17, 15) is 0 Å². The predicted octanol–water partition coefficient (Wildman–Crippen LogP) is 4.42. The van der Waals surface area contributed by atoms with Gasteiger partial charge in [0.25, 0.3) is 0 Å². The molecule has 2 fully saturated rings. The number of aromatic nitrogens is 4. The monoisotopic (exact) mass is 478 g/mol. The van der Waals surface area contributed by atoms with Crippen molar-refractivity contribution in [1.82, 2.24) is 24.6 Å². The van der Waals surface area contributed by atoms with E-state index in [0.717, 1.165) is 86.8 Å². The highest BCUT2D eigenvalue weighted by Gasteiger charge is 2.33. The minimum absolute atomic E-state index is 0.369. The number of hydrogen-bond acceptors (Lipinski definition) is 6. The second-order valence-electron chi connectivity index (χ2n) is 9.91. The third kappa shape index (κ3) is 4.10. The van der Waals surface area contributed by atoms with Crippen molar-refractivity contribution in [3.63, 3.8) is 0 Å². The molecule has 178 valence electrons. The quantitative estimate of drug-likeness (QED) is 0.555. The number of fused-ring (bicyclic) bond motifs is 3. The minimum atomic E-state index is 0.369. The predicted molar refractivity (Wildman–Crippen MR) is 133 cm³/mol. The zero-order chi connectivity index (χ0) is 23.2. The summed E-state index contributed by atoms with van der Waals surface area (Å²) in [6.07, 6.45) is 3.13. The lowest BCUT2D eigenvalue weighted by molar-refractivity contribution is 0.133. The van der Waals surface area contributed by atoms with Crippen LogP contribution in [0.15, 0.2) is 30.3 Å². The Kier molecular flexibility index (Phi) is 5.79. The molecule has 0 unspecified atom stereocenters. The molecule has 3 aliphatic rings. The van der Waals surface area contributed by atoms with E-state index in [-0.39, 0.29) is 0 Å². The Labute approximate surface area is 205 Å². The summed E-state index contributed by atoms with van der Waals surface area (Å²) < 4.78 is 8.01. The van der Waals surface area contributed by atoms with Crippen LogP contribution in [0.4, 0.5) is 5.82 Å². The lowest BCUT2D eigenvalue weighted by atomic mass is 9.95. The van der Waals surface area contributed by atoms with E-state index in [0.29, 0.717) is 12.0 Å². The van der Waals surface area contributed by atoms with Crippen LogP contribution in [0.25, 0.3) is 5.69 Å². The van der Waals surface area contributed by atoms with Crippen molar-refractivity contribution >= 4 is 17.4 Å². The molecule has 0 bridgehead atoms. The largest absolute Gasteiger partial charge is 0.380 e. The molecule has 8 heteroatoms. The second-order valence-corrected chi connectivity index (χ2v) is 10.3. The maximum Gasteiger partial charge on any atom is 0.151 e. The van der Waals surface area contributed by atoms with E-state index in [4.69, 9.17) is 31.5 Å². The van der Waals surface area contributed by atoms with Gasteiger partial charge in [-0.15, -0.1) is 10.2 Å². The average Bonchev–Trinajstić information content (AvgIpc) is 3.46. The Morgan fingerprint density at radius 1 is 1.00 bits per heavy atom. The molecule has 34 heavy (non-hydrogen) atoms. The number of rotatable bonds is 3. The Morgan fingerprint density at radius 2 is 1.85 bits per heavy atom. The van der Waals surface area contributed by atoms with Crippen LogP contribution in [0.1, 0.15) is 53.7 Å². The molecule has 1 aromatic carbocycles. The Balaban J connectivity index is 1.29. The molecule has 6 rings (SSSR count). The van der Waals surface area contributed by atoms with Gasteiger partial charge in [-0.1, -0.05) is 11.6 Å². The zero-order valence-corrected chi connectivity index (χ0v) is 20.6. The van der Waals surface area contributed by atoms with Crippen molar-refractivity contribution in [3.8, 4) is 5.69 Å². The normalized spacial score (nSPS) is 21.4. The Hall–Kier alpha value is -2.48. The fraction of sp³-hybridized carbons (Fsp3) is 0.500. The molecule has 7 nitrogen and oxygen atoms in total. The van der Waals surface area contributed by atoms with Crippen LogP contribution in [0.3, 0.4) is 0 Å². The van der Waals surface area contributed by atoms with Crippen LogP contribution in [0, 0.1) is 13.8 Å². The van der Waals surface area contributed by atoms with Gasteiger partial charge in [-0.25, -0.2) is 4.98 Å². The van der Waals surface area contributed by atoms with E-state index < -0.39 is 0 Å². The highest BCUT2D eigenvalue weighted by Crippen LogP contribution is 2.35. The Bertz CT molecular complexity index is 1180. The van der Waals surface area contributed by atoms with Crippen LogP contribution >= 0.6 is 11.6 Å². The number of hydrogen-bond donors (Lipinski definition) is 0. The molecule has 0 radical (unpaired) electrons. The summed E-state index contributed by atoms with van der Waals surface area (Å²) in [6, 6.07) is 11.0. The number of piperidine rings is 1. The highest BCUT2D eigenvalue weighted by atomic mass is 35.5. The van der Waals surface area contributed by atoms with Gasteiger partial charge in [0, 0.05) is 48.9 Å². The molecule has 2 aromatic heterocycles.